The minimum absolute atomic E-state index is 0.177. The topological polar surface area (TPSA) is 107 Å². The predicted octanol–water partition coefficient (Wildman–Crippen LogP) is 4.45. The van der Waals surface area contributed by atoms with Gasteiger partial charge in [0.05, 0.1) is 11.4 Å². The number of para-hydroxylation sites is 2. The molecule has 32 heavy (non-hydrogen) atoms. The lowest BCUT2D eigenvalue weighted by Crippen LogP contribution is -2.32. The number of nitrogens with one attached hydrogen (secondary N) is 4. The molecule has 1 amide bonds. The van der Waals surface area contributed by atoms with Crippen LogP contribution in [0.4, 0.5) is 5.69 Å². The van der Waals surface area contributed by atoms with E-state index < -0.39 is 18.5 Å². The summed E-state index contributed by atoms with van der Waals surface area (Å²) in [6.45, 7) is 4.94. The molecule has 3 rings (SSSR count). The number of benzene rings is 2. The molecule has 0 saturated carbocycles. The lowest BCUT2D eigenvalue weighted by molar-refractivity contribution is -0.148. The molecule has 3 aromatic rings. The lowest BCUT2D eigenvalue weighted by atomic mass is 10.1. The van der Waals surface area contributed by atoms with Crippen LogP contribution in [0.1, 0.15) is 31.5 Å². The SMILES string of the molecule is CC(=N)/C(NC(=O)COC(=O)CCc1c(C)[nH]c2ccccc12)=C(/C)Nc1ccccc1. The lowest BCUT2D eigenvalue weighted by Gasteiger charge is -2.15. The predicted molar refractivity (Wildman–Crippen MR) is 127 cm³/mol. The Hall–Kier alpha value is -3.87. The number of hydrogen-bond donors (Lipinski definition) is 4. The number of anilines is 1. The van der Waals surface area contributed by atoms with Gasteiger partial charge in [-0.15, -0.1) is 0 Å². The monoisotopic (exact) mass is 432 g/mol. The minimum atomic E-state index is -0.488. The van der Waals surface area contributed by atoms with Gasteiger partial charge in [-0.05, 0) is 51.0 Å². The zero-order valence-corrected chi connectivity index (χ0v) is 18.5. The summed E-state index contributed by atoms with van der Waals surface area (Å²) in [5, 5.41) is 14.9. The first-order chi connectivity index (χ1) is 15.3. The van der Waals surface area contributed by atoms with Gasteiger partial charge < -0.3 is 25.8 Å². The van der Waals surface area contributed by atoms with E-state index in [1.54, 1.807) is 13.8 Å². The van der Waals surface area contributed by atoms with Crippen LogP contribution in [-0.2, 0) is 20.7 Å². The van der Waals surface area contributed by atoms with Crippen molar-refractivity contribution in [2.45, 2.75) is 33.6 Å². The molecule has 0 bridgehead atoms. The van der Waals surface area contributed by atoms with E-state index in [4.69, 9.17) is 10.1 Å². The maximum atomic E-state index is 12.3. The molecule has 0 unspecified atom stereocenters. The van der Waals surface area contributed by atoms with Crippen molar-refractivity contribution in [3.63, 3.8) is 0 Å². The number of carbonyl (C=O) groups is 2. The molecule has 0 atom stereocenters. The molecule has 7 nitrogen and oxygen atoms in total. The number of aryl methyl sites for hydroxylation is 2. The average Bonchev–Trinajstić information content (AvgIpc) is 3.09. The number of amides is 1. The maximum absolute atomic E-state index is 12.3. The summed E-state index contributed by atoms with van der Waals surface area (Å²) in [6, 6.07) is 17.4. The van der Waals surface area contributed by atoms with E-state index in [1.807, 2.05) is 61.5 Å². The number of ether oxygens (including phenoxy) is 1. The van der Waals surface area contributed by atoms with Gasteiger partial charge >= 0.3 is 5.97 Å². The quantitative estimate of drug-likeness (QED) is 0.296. The van der Waals surface area contributed by atoms with Crippen LogP contribution in [0.5, 0.6) is 0 Å². The summed E-state index contributed by atoms with van der Waals surface area (Å²) in [4.78, 5) is 27.8. The standard InChI is InChI=1S/C25H28N4O3/c1-16(26)25(18(3)27-19-9-5-4-6-10-19)29-23(30)15-32-24(31)14-13-20-17(2)28-22-12-8-7-11-21(20)22/h4-12,26-28H,13-15H2,1-3H3,(H,29,30)/b25-18+,26-16?. The number of esters is 1. The Kier molecular flexibility index (Phi) is 7.44. The van der Waals surface area contributed by atoms with Crippen LogP contribution in [-0.4, -0.2) is 29.2 Å². The first-order valence-electron chi connectivity index (χ1n) is 10.4. The first kappa shape index (κ1) is 22.8. The molecule has 0 aliphatic rings. The highest BCUT2D eigenvalue weighted by Gasteiger charge is 2.14. The fraction of sp³-hybridized carbons (Fsp3) is 0.240. The summed E-state index contributed by atoms with van der Waals surface area (Å²) in [7, 11) is 0. The number of H-pyrrole nitrogens is 1. The molecule has 0 aliphatic heterocycles. The van der Waals surface area contributed by atoms with Crippen molar-refractivity contribution < 1.29 is 14.3 Å². The number of allylic oxidation sites excluding steroid dienone is 2. The Balaban J connectivity index is 1.53. The molecule has 4 N–H and O–H groups in total. The summed E-state index contributed by atoms with van der Waals surface area (Å²) >= 11 is 0. The van der Waals surface area contributed by atoms with Gasteiger partial charge in [-0.25, -0.2) is 0 Å². The second-order valence-electron chi connectivity index (χ2n) is 7.60. The molecule has 0 aliphatic carbocycles. The second kappa shape index (κ2) is 10.4. The van der Waals surface area contributed by atoms with E-state index in [9.17, 15) is 9.59 Å². The normalized spacial score (nSPS) is 11.6. The van der Waals surface area contributed by atoms with Crippen LogP contribution in [0.25, 0.3) is 10.9 Å². The van der Waals surface area contributed by atoms with E-state index in [2.05, 4.69) is 15.6 Å². The molecule has 2 aromatic carbocycles. The number of aromatic amines is 1. The van der Waals surface area contributed by atoms with Gasteiger partial charge in [0.2, 0.25) is 0 Å². The van der Waals surface area contributed by atoms with E-state index in [1.165, 1.54) is 0 Å². The van der Waals surface area contributed by atoms with Crippen LogP contribution >= 0.6 is 0 Å². The molecule has 166 valence electrons. The number of carbonyl (C=O) groups excluding carboxylic acids is 2. The van der Waals surface area contributed by atoms with E-state index >= 15 is 0 Å². The van der Waals surface area contributed by atoms with Crippen molar-refractivity contribution in [1.82, 2.24) is 10.3 Å². The Morgan fingerprint density at radius 1 is 1.03 bits per heavy atom. The third-order valence-electron chi connectivity index (χ3n) is 5.09. The van der Waals surface area contributed by atoms with Gasteiger partial charge in [0.1, 0.15) is 0 Å². The minimum Gasteiger partial charge on any atom is -0.456 e. The van der Waals surface area contributed by atoms with Crippen molar-refractivity contribution in [3.05, 3.63) is 77.2 Å². The summed E-state index contributed by atoms with van der Waals surface area (Å²) in [5.41, 5.74) is 5.15. The van der Waals surface area contributed by atoms with E-state index in [0.29, 0.717) is 17.8 Å². The van der Waals surface area contributed by atoms with Crippen molar-refractivity contribution in [2.75, 3.05) is 11.9 Å². The molecule has 7 heteroatoms. The Bertz CT molecular complexity index is 1160. The van der Waals surface area contributed by atoms with Crippen LogP contribution in [0.15, 0.2) is 66.0 Å². The van der Waals surface area contributed by atoms with Crippen LogP contribution in [0, 0.1) is 12.3 Å². The fourth-order valence-corrected chi connectivity index (χ4v) is 3.55. The summed E-state index contributed by atoms with van der Waals surface area (Å²) < 4.78 is 5.16. The highest BCUT2D eigenvalue weighted by molar-refractivity contribution is 6.00. The van der Waals surface area contributed by atoms with Crippen LogP contribution in [0.2, 0.25) is 0 Å². The third-order valence-corrected chi connectivity index (χ3v) is 5.09. The summed E-state index contributed by atoms with van der Waals surface area (Å²) in [6.07, 6.45) is 0.706. The van der Waals surface area contributed by atoms with Gasteiger partial charge in [0.15, 0.2) is 6.61 Å². The number of aromatic nitrogens is 1. The smallest absolute Gasteiger partial charge is 0.306 e. The fourth-order valence-electron chi connectivity index (χ4n) is 3.55. The summed E-state index contributed by atoms with van der Waals surface area (Å²) in [5.74, 6) is -0.932. The van der Waals surface area contributed by atoms with Gasteiger partial charge in [-0.3, -0.25) is 9.59 Å². The molecule has 0 spiro atoms. The molecule has 1 aromatic heterocycles. The van der Waals surface area contributed by atoms with Crippen LogP contribution < -0.4 is 10.6 Å². The Morgan fingerprint density at radius 2 is 1.72 bits per heavy atom. The third kappa shape index (κ3) is 5.85. The van der Waals surface area contributed by atoms with E-state index in [-0.39, 0.29) is 12.1 Å². The largest absolute Gasteiger partial charge is 0.456 e. The van der Waals surface area contributed by atoms with E-state index in [0.717, 1.165) is 27.8 Å². The highest BCUT2D eigenvalue weighted by Crippen LogP contribution is 2.23. The average molecular weight is 433 g/mol. The van der Waals surface area contributed by atoms with Crippen LogP contribution in [0.3, 0.4) is 0 Å². The molecule has 0 radical (unpaired) electrons. The number of rotatable bonds is 9. The highest BCUT2D eigenvalue weighted by atomic mass is 16.5. The zero-order valence-electron chi connectivity index (χ0n) is 18.5. The molecular formula is C25H28N4O3. The Morgan fingerprint density at radius 3 is 2.44 bits per heavy atom. The number of fused-ring (bicyclic) bond motifs is 1. The van der Waals surface area contributed by atoms with Crippen molar-refractivity contribution in [3.8, 4) is 0 Å². The van der Waals surface area contributed by atoms with Crippen molar-refractivity contribution >= 4 is 34.2 Å². The molecule has 0 saturated heterocycles. The maximum Gasteiger partial charge on any atom is 0.306 e. The van der Waals surface area contributed by atoms with Gasteiger partial charge in [0.25, 0.3) is 5.91 Å². The Labute approximate surface area is 187 Å². The van der Waals surface area contributed by atoms with Gasteiger partial charge in [0, 0.05) is 34.4 Å². The first-order valence-corrected chi connectivity index (χ1v) is 10.4. The number of hydrogen-bond acceptors (Lipinski definition) is 5. The molecule has 1 heterocycles. The van der Waals surface area contributed by atoms with Crippen molar-refractivity contribution in [2.24, 2.45) is 0 Å². The van der Waals surface area contributed by atoms with Crippen molar-refractivity contribution in [1.29, 1.82) is 5.41 Å². The molecular weight excluding hydrogens is 404 g/mol. The zero-order chi connectivity index (χ0) is 23.1. The molecule has 0 fully saturated rings. The van der Waals surface area contributed by atoms with Gasteiger partial charge in [-0.2, -0.15) is 0 Å². The second-order valence-corrected chi connectivity index (χ2v) is 7.60. The van der Waals surface area contributed by atoms with Gasteiger partial charge in [-0.1, -0.05) is 36.4 Å².